The lowest BCUT2D eigenvalue weighted by atomic mass is 10.1. The van der Waals surface area contributed by atoms with E-state index in [0.717, 1.165) is 11.4 Å². The van der Waals surface area contributed by atoms with E-state index in [1.165, 1.54) is 0 Å². The number of H-pyrrole nitrogens is 1. The van der Waals surface area contributed by atoms with Crippen molar-refractivity contribution >= 4 is 11.6 Å². The SMILES string of the molecule is COc1ccc(NC(=O)c2cc(C(C)C)[nH]n2)cc1. The van der Waals surface area contributed by atoms with E-state index in [-0.39, 0.29) is 5.91 Å². The molecule has 0 spiro atoms. The van der Waals surface area contributed by atoms with Crippen LogP contribution in [-0.2, 0) is 0 Å². The van der Waals surface area contributed by atoms with Gasteiger partial charge in [-0.1, -0.05) is 13.8 Å². The number of ether oxygens (including phenoxy) is 1. The molecule has 2 aromatic rings. The number of carbonyl (C=O) groups excluding carboxylic acids is 1. The van der Waals surface area contributed by atoms with Gasteiger partial charge in [0.25, 0.3) is 5.91 Å². The molecule has 0 unspecified atom stereocenters. The number of nitrogens with zero attached hydrogens (tertiary/aromatic N) is 1. The monoisotopic (exact) mass is 259 g/mol. The minimum atomic E-state index is -0.228. The van der Waals surface area contributed by atoms with Crippen molar-refractivity contribution in [3.8, 4) is 5.75 Å². The first-order valence-corrected chi connectivity index (χ1v) is 6.11. The molecule has 0 radical (unpaired) electrons. The van der Waals surface area contributed by atoms with Crippen LogP contribution in [0.3, 0.4) is 0 Å². The second-order valence-electron chi connectivity index (χ2n) is 4.55. The topological polar surface area (TPSA) is 67.0 Å². The molecule has 0 saturated heterocycles. The molecule has 1 aromatic heterocycles. The Hall–Kier alpha value is -2.30. The number of anilines is 1. The Bertz CT molecular complexity index is 558. The van der Waals surface area contributed by atoms with Gasteiger partial charge in [-0.3, -0.25) is 9.89 Å². The second-order valence-corrected chi connectivity index (χ2v) is 4.55. The quantitative estimate of drug-likeness (QED) is 0.887. The lowest BCUT2D eigenvalue weighted by Crippen LogP contribution is -2.12. The normalized spacial score (nSPS) is 10.5. The molecule has 1 aromatic carbocycles. The van der Waals surface area contributed by atoms with Crippen molar-refractivity contribution in [2.45, 2.75) is 19.8 Å². The Morgan fingerprint density at radius 1 is 1.32 bits per heavy atom. The molecule has 0 aliphatic heterocycles. The number of benzene rings is 1. The van der Waals surface area contributed by atoms with Crippen molar-refractivity contribution in [3.05, 3.63) is 41.7 Å². The minimum absolute atomic E-state index is 0.228. The van der Waals surface area contributed by atoms with Crippen LogP contribution in [0.4, 0.5) is 5.69 Å². The van der Waals surface area contributed by atoms with Gasteiger partial charge in [-0.15, -0.1) is 0 Å². The summed E-state index contributed by atoms with van der Waals surface area (Å²) in [5, 5.41) is 9.65. The van der Waals surface area contributed by atoms with Gasteiger partial charge in [0, 0.05) is 11.4 Å². The molecule has 2 N–H and O–H groups in total. The highest BCUT2D eigenvalue weighted by Gasteiger charge is 2.12. The highest BCUT2D eigenvalue weighted by Crippen LogP contribution is 2.16. The molecule has 1 amide bonds. The van der Waals surface area contributed by atoms with Gasteiger partial charge in [0.2, 0.25) is 0 Å². The molecule has 0 bridgehead atoms. The standard InChI is InChI=1S/C14H17N3O2/c1-9(2)12-8-13(17-16-12)14(18)15-10-4-6-11(19-3)7-5-10/h4-9H,1-3H3,(H,15,18)(H,16,17). The molecule has 19 heavy (non-hydrogen) atoms. The van der Waals surface area contributed by atoms with Crippen LogP contribution >= 0.6 is 0 Å². The van der Waals surface area contributed by atoms with Gasteiger partial charge < -0.3 is 10.1 Å². The fourth-order valence-corrected chi connectivity index (χ4v) is 1.62. The van der Waals surface area contributed by atoms with Crippen molar-refractivity contribution in [1.82, 2.24) is 10.2 Å². The summed E-state index contributed by atoms with van der Waals surface area (Å²) >= 11 is 0. The molecular formula is C14H17N3O2. The number of methoxy groups -OCH3 is 1. The third-order valence-corrected chi connectivity index (χ3v) is 2.80. The molecule has 0 aliphatic carbocycles. The molecule has 0 atom stereocenters. The van der Waals surface area contributed by atoms with Gasteiger partial charge in [0.1, 0.15) is 5.75 Å². The van der Waals surface area contributed by atoms with Crippen LogP contribution < -0.4 is 10.1 Å². The summed E-state index contributed by atoms with van der Waals surface area (Å²) in [7, 11) is 1.60. The smallest absolute Gasteiger partial charge is 0.276 e. The van der Waals surface area contributed by atoms with E-state index in [1.54, 1.807) is 37.4 Å². The first-order chi connectivity index (χ1) is 9.10. The number of hydrogen-bond donors (Lipinski definition) is 2. The molecule has 0 saturated carbocycles. The summed E-state index contributed by atoms with van der Waals surface area (Å²) in [5.74, 6) is 0.836. The van der Waals surface area contributed by atoms with Gasteiger partial charge in [0.15, 0.2) is 5.69 Å². The van der Waals surface area contributed by atoms with Crippen LogP contribution in [-0.4, -0.2) is 23.2 Å². The van der Waals surface area contributed by atoms with Crippen molar-refractivity contribution in [3.63, 3.8) is 0 Å². The largest absolute Gasteiger partial charge is 0.497 e. The van der Waals surface area contributed by atoms with Crippen LogP contribution in [0.15, 0.2) is 30.3 Å². The van der Waals surface area contributed by atoms with Crippen LogP contribution in [0.1, 0.15) is 35.9 Å². The van der Waals surface area contributed by atoms with Crippen molar-refractivity contribution < 1.29 is 9.53 Å². The van der Waals surface area contributed by atoms with Crippen LogP contribution in [0.2, 0.25) is 0 Å². The fourth-order valence-electron chi connectivity index (χ4n) is 1.62. The molecule has 0 aliphatic rings. The maximum Gasteiger partial charge on any atom is 0.276 e. The summed E-state index contributed by atoms with van der Waals surface area (Å²) in [4.78, 5) is 12.0. The zero-order valence-corrected chi connectivity index (χ0v) is 11.2. The van der Waals surface area contributed by atoms with Crippen molar-refractivity contribution in [2.24, 2.45) is 0 Å². The van der Waals surface area contributed by atoms with Gasteiger partial charge in [-0.2, -0.15) is 5.10 Å². The lowest BCUT2D eigenvalue weighted by Gasteiger charge is -2.04. The van der Waals surface area contributed by atoms with Crippen molar-refractivity contribution in [1.29, 1.82) is 0 Å². The van der Waals surface area contributed by atoms with Crippen LogP contribution in [0.25, 0.3) is 0 Å². The van der Waals surface area contributed by atoms with Crippen LogP contribution in [0.5, 0.6) is 5.75 Å². The van der Waals surface area contributed by atoms with E-state index in [4.69, 9.17) is 4.74 Å². The van der Waals surface area contributed by atoms with Gasteiger partial charge >= 0.3 is 0 Å². The van der Waals surface area contributed by atoms with Gasteiger partial charge in [0.05, 0.1) is 7.11 Å². The molecule has 5 nitrogen and oxygen atoms in total. The number of nitrogens with one attached hydrogen (secondary N) is 2. The van der Waals surface area contributed by atoms with E-state index in [9.17, 15) is 4.79 Å². The first-order valence-electron chi connectivity index (χ1n) is 6.11. The van der Waals surface area contributed by atoms with E-state index >= 15 is 0 Å². The number of carbonyl (C=O) groups is 1. The third kappa shape index (κ3) is 3.13. The fraction of sp³-hybridized carbons (Fsp3) is 0.286. The van der Waals surface area contributed by atoms with Crippen LogP contribution in [0, 0.1) is 0 Å². The Morgan fingerprint density at radius 3 is 2.53 bits per heavy atom. The molecule has 100 valence electrons. The summed E-state index contributed by atoms with van der Waals surface area (Å²) in [6.45, 7) is 4.08. The number of amides is 1. The predicted molar refractivity (Wildman–Crippen MR) is 73.6 cm³/mol. The second kappa shape index (κ2) is 5.56. The summed E-state index contributed by atoms with van der Waals surface area (Å²) < 4.78 is 5.06. The van der Waals surface area contributed by atoms with Gasteiger partial charge in [-0.05, 0) is 36.2 Å². The first kappa shape index (κ1) is 13.1. The number of rotatable bonds is 4. The molecule has 1 heterocycles. The van der Waals surface area contributed by atoms with Crippen molar-refractivity contribution in [2.75, 3.05) is 12.4 Å². The molecule has 0 fully saturated rings. The molecular weight excluding hydrogens is 242 g/mol. The number of aromatic nitrogens is 2. The lowest BCUT2D eigenvalue weighted by molar-refractivity contribution is 0.102. The summed E-state index contributed by atoms with van der Waals surface area (Å²) in [6, 6.07) is 8.92. The van der Waals surface area contributed by atoms with E-state index in [0.29, 0.717) is 17.3 Å². The number of aromatic amines is 1. The summed E-state index contributed by atoms with van der Waals surface area (Å²) in [6.07, 6.45) is 0. The highest BCUT2D eigenvalue weighted by atomic mass is 16.5. The predicted octanol–water partition coefficient (Wildman–Crippen LogP) is 2.79. The van der Waals surface area contributed by atoms with E-state index < -0.39 is 0 Å². The maximum atomic E-state index is 12.0. The minimum Gasteiger partial charge on any atom is -0.497 e. The summed E-state index contributed by atoms with van der Waals surface area (Å²) in [5.41, 5.74) is 2.04. The Labute approximate surface area is 112 Å². The zero-order chi connectivity index (χ0) is 13.8. The zero-order valence-electron chi connectivity index (χ0n) is 11.2. The Kier molecular flexibility index (Phi) is 3.85. The van der Waals surface area contributed by atoms with E-state index in [1.807, 2.05) is 13.8 Å². The number of hydrogen-bond acceptors (Lipinski definition) is 3. The Balaban J connectivity index is 2.06. The van der Waals surface area contributed by atoms with Gasteiger partial charge in [-0.25, -0.2) is 0 Å². The third-order valence-electron chi connectivity index (χ3n) is 2.80. The highest BCUT2D eigenvalue weighted by molar-refractivity contribution is 6.02. The average molecular weight is 259 g/mol. The molecule has 5 heteroatoms. The Morgan fingerprint density at radius 2 is 2.00 bits per heavy atom. The van der Waals surface area contributed by atoms with E-state index in [2.05, 4.69) is 15.5 Å². The maximum absolute atomic E-state index is 12.0. The molecule has 2 rings (SSSR count). The average Bonchev–Trinajstić information content (AvgIpc) is 2.89.